The highest BCUT2D eigenvalue weighted by Gasteiger charge is 2.33. The minimum absolute atomic E-state index is 0. The number of halogens is 1. The molecule has 1 unspecified atom stereocenters. The first kappa shape index (κ1) is 22.0. The quantitative estimate of drug-likeness (QED) is 0.717. The second-order valence-electron chi connectivity index (χ2n) is 6.46. The van der Waals surface area contributed by atoms with Gasteiger partial charge in [-0.1, -0.05) is 18.2 Å². The highest BCUT2D eigenvalue weighted by molar-refractivity contribution is 7.89. The van der Waals surface area contributed by atoms with E-state index in [0.29, 0.717) is 36.5 Å². The van der Waals surface area contributed by atoms with Crippen LogP contribution in [0.1, 0.15) is 12.8 Å². The van der Waals surface area contributed by atoms with Gasteiger partial charge < -0.3 is 15.8 Å². The number of nitrogen functional groups attached to an aromatic ring is 1. The molecule has 0 radical (unpaired) electrons. The normalized spacial score (nSPS) is 17.4. The molecule has 1 aliphatic heterocycles. The fourth-order valence-electron chi connectivity index (χ4n) is 3.12. The van der Waals surface area contributed by atoms with Gasteiger partial charge in [0.15, 0.2) is 0 Å². The second-order valence-corrected chi connectivity index (χ2v) is 8.40. The fourth-order valence-corrected chi connectivity index (χ4v) is 4.67. The summed E-state index contributed by atoms with van der Waals surface area (Å²) in [6.45, 7) is 0.551. The van der Waals surface area contributed by atoms with Crippen LogP contribution in [0.2, 0.25) is 0 Å². The van der Waals surface area contributed by atoms with E-state index in [1.807, 2.05) is 0 Å². The standard InChI is InChI=1S/C19H23N3O4S.ClH/c1-26-15-9-10-17(20)18(12-15)21-19(23)14-6-5-11-22(13-14)27(24,25)16-7-3-2-4-8-16;/h2-4,7-10,12,14H,5-6,11,13,20H2,1H3,(H,21,23);1H. The van der Waals surface area contributed by atoms with Crippen LogP contribution in [0.5, 0.6) is 5.75 Å². The average Bonchev–Trinajstić information content (AvgIpc) is 2.70. The van der Waals surface area contributed by atoms with Crippen LogP contribution in [0.15, 0.2) is 53.4 Å². The van der Waals surface area contributed by atoms with E-state index < -0.39 is 15.9 Å². The number of amides is 1. The molecule has 2 aromatic rings. The molecule has 3 rings (SSSR count). The number of anilines is 2. The molecule has 1 heterocycles. The maximum atomic E-state index is 12.8. The first-order valence-corrected chi connectivity index (χ1v) is 10.2. The van der Waals surface area contributed by atoms with Gasteiger partial charge in [0.2, 0.25) is 15.9 Å². The lowest BCUT2D eigenvalue weighted by Gasteiger charge is -2.31. The summed E-state index contributed by atoms with van der Waals surface area (Å²) in [6, 6.07) is 13.3. The van der Waals surface area contributed by atoms with Gasteiger partial charge in [0.05, 0.1) is 29.3 Å². The number of methoxy groups -OCH3 is 1. The first-order chi connectivity index (χ1) is 12.9. The van der Waals surface area contributed by atoms with Crippen LogP contribution >= 0.6 is 12.4 Å². The Bertz CT molecular complexity index is 922. The van der Waals surface area contributed by atoms with E-state index >= 15 is 0 Å². The number of benzene rings is 2. The number of nitrogens with two attached hydrogens (primary N) is 1. The first-order valence-electron chi connectivity index (χ1n) is 8.71. The zero-order valence-corrected chi connectivity index (χ0v) is 17.1. The van der Waals surface area contributed by atoms with Crippen LogP contribution in [0.4, 0.5) is 11.4 Å². The molecule has 1 saturated heterocycles. The summed E-state index contributed by atoms with van der Waals surface area (Å²) in [5.41, 5.74) is 6.80. The summed E-state index contributed by atoms with van der Waals surface area (Å²) in [7, 11) is -2.08. The van der Waals surface area contributed by atoms with Gasteiger partial charge in [-0.2, -0.15) is 4.31 Å². The molecule has 3 N–H and O–H groups in total. The minimum Gasteiger partial charge on any atom is -0.497 e. The molecule has 2 aromatic carbocycles. The zero-order valence-electron chi connectivity index (χ0n) is 15.5. The zero-order chi connectivity index (χ0) is 19.4. The topological polar surface area (TPSA) is 102 Å². The number of nitrogens with one attached hydrogen (secondary N) is 1. The molecule has 28 heavy (non-hydrogen) atoms. The SMILES string of the molecule is COc1ccc(N)c(NC(=O)C2CCCN(S(=O)(=O)c3ccccc3)C2)c1.Cl. The Labute approximate surface area is 171 Å². The molecule has 0 saturated carbocycles. The third-order valence-electron chi connectivity index (χ3n) is 4.65. The largest absolute Gasteiger partial charge is 0.497 e. The van der Waals surface area contributed by atoms with Crippen LogP contribution in [0.25, 0.3) is 0 Å². The highest BCUT2D eigenvalue weighted by atomic mass is 35.5. The van der Waals surface area contributed by atoms with Crippen molar-refractivity contribution in [1.29, 1.82) is 0 Å². The lowest BCUT2D eigenvalue weighted by atomic mass is 9.98. The van der Waals surface area contributed by atoms with Crippen molar-refractivity contribution in [2.45, 2.75) is 17.7 Å². The highest BCUT2D eigenvalue weighted by Crippen LogP contribution is 2.28. The maximum absolute atomic E-state index is 12.8. The fraction of sp³-hybridized carbons (Fsp3) is 0.316. The van der Waals surface area contributed by atoms with Gasteiger partial charge in [-0.15, -0.1) is 12.4 Å². The summed E-state index contributed by atoms with van der Waals surface area (Å²) < 4.78 is 32.2. The average molecular weight is 426 g/mol. The number of nitrogens with zero attached hydrogens (tertiary/aromatic N) is 1. The summed E-state index contributed by atoms with van der Waals surface area (Å²) in [5, 5.41) is 2.80. The Balaban J connectivity index is 0.00000280. The monoisotopic (exact) mass is 425 g/mol. The van der Waals surface area contributed by atoms with Gasteiger partial charge in [-0.25, -0.2) is 8.42 Å². The van der Waals surface area contributed by atoms with Crippen LogP contribution in [-0.4, -0.2) is 38.8 Å². The number of hydrogen-bond acceptors (Lipinski definition) is 5. The van der Waals surface area contributed by atoms with Crippen molar-refractivity contribution < 1.29 is 17.9 Å². The molecule has 0 bridgehead atoms. The van der Waals surface area contributed by atoms with Gasteiger partial charge in [-0.3, -0.25) is 4.79 Å². The molecule has 152 valence electrons. The maximum Gasteiger partial charge on any atom is 0.243 e. The summed E-state index contributed by atoms with van der Waals surface area (Å²) >= 11 is 0. The summed E-state index contributed by atoms with van der Waals surface area (Å²) in [6.07, 6.45) is 1.24. The number of sulfonamides is 1. The van der Waals surface area contributed by atoms with Gasteiger partial charge in [0, 0.05) is 19.2 Å². The Morgan fingerprint density at radius 3 is 2.61 bits per heavy atom. The van der Waals surface area contributed by atoms with Crippen LogP contribution in [0.3, 0.4) is 0 Å². The second kappa shape index (κ2) is 9.27. The molecule has 0 aromatic heterocycles. The number of carbonyl (C=O) groups is 1. The van der Waals surface area contributed by atoms with E-state index in [-0.39, 0.29) is 29.8 Å². The van der Waals surface area contributed by atoms with E-state index in [9.17, 15) is 13.2 Å². The Kier molecular flexibility index (Phi) is 7.29. The molecule has 0 spiro atoms. The molecular formula is C19H24ClN3O4S. The van der Waals surface area contributed by atoms with Gasteiger partial charge in [0.25, 0.3) is 0 Å². The van der Waals surface area contributed by atoms with Crippen molar-refractivity contribution in [3.8, 4) is 5.75 Å². The molecule has 9 heteroatoms. The van der Waals surface area contributed by atoms with Crippen molar-refractivity contribution in [2.24, 2.45) is 5.92 Å². The number of ether oxygens (including phenoxy) is 1. The predicted octanol–water partition coefficient (Wildman–Crippen LogP) is 2.74. The molecule has 1 aliphatic rings. The molecule has 1 atom stereocenters. The van der Waals surface area contributed by atoms with Gasteiger partial charge in [-0.05, 0) is 37.1 Å². The van der Waals surface area contributed by atoms with E-state index in [4.69, 9.17) is 10.5 Å². The Morgan fingerprint density at radius 1 is 1.21 bits per heavy atom. The Morgan fingerprint density at radius 2 is 1.93 bits per heavy atom. The lowest BCUT2D eigenvalue weighted by molar-refractivity contribution is -0.120. The smallest absolute Gasteiger partial charge is 0.243 e. The number of rotatable bonds is 5. The summed E-state index contributed by atoms with van der Waals surface area (Å²) in [4.78, 5) is 12.9. The third-order valence-corrected chi connectivity index (χ3v) is 6.53. The van der Waals surface area contributed by atoms with Crippen molar-refractivity contribution in [3.05, 3.63) is 48.5 Å². The summed E-state index contributed by atoms with van der Waals surface area (Å²) in [5.74, 6) is -0.109. The molecule has 0 aliphatic carbocycles. The molecule has 1 amide bonds. The van der Waals surface area contributed by atoms with Gasteiger partial charge >= 0.3 is 0 Å². The van der Waals surface area contributed by atoms with Crippen molar-refractivity contribution in [2.75, 3.05) is 31.2 Å². The minimum atomic E-state index is -3.61. The van der Waals surface area contributed by atoms with Crippen LogP contribution in [-0.2, 0) is 14.8 Å². The lowest BCUT2D eigenvalue weighted by Crippen LogP contribution is -2.43. The van der Waals surface area contributed by atoms with Gasteiger partial charge in [0.1, 0.15) is 5.75 Å². The number of carbonyl (C=O) groups excluding carboxylic acids is 1. The van der Waals surface area contributed by atoms with E-state index in [0.717, 1.165) is 0 Å². The van der Waals surface area contributed by atoms with E-state index in [1.54, 1.807) is 48.5 Å². The van der Waals surface area contributed by atoms with Crippen LogP contribution in [0, 0.1) is 5.92 Å². The van der Waals surface area contributed by atoms with E-state index in [1.165, 1.54) is 11.4 Å². The van der Waals surface area contributed by atoms with Crippen molar-refractivity contribution in [1.82, 2.24) is 4.31 Å². The predicted molar refractivity (Wildman–Crippen MR) is 111 cm³/mol. The van der Waals surface area contributed by atoms with Crippen molar-refractivity contribution >= 4 is 39.7 Å². The molecule has 1 fully saturated rings. The Hall–Kier alpha value is -2.29. The molecular weight excluding hydrogens is 402 g/mol. The van der Waals surface area contributed by atoms with Crippen molar-refractivity contribution in [3.63, 3.8) is 0 Å². The third kappa shape index (κ3) is 4.76. The number of hydrogen-bond donors (Lipinski definition) is 2. The molecule has 7 nitrogen and oxygen atoms in total. The number of piperidine rings is 1. The van der Waals surface area contributed by atoms with Crippen LogP contribution < -0.4 is 15.8 Å². The van der Waals surface area contributed by atoms with E-state index in [2.05, 4.69) is 5.32 Å².